The lowest BCUT2D eigenvalue weighted by Crippen LogP contribution is -2.35. The Morgan fingerprint density at radius 2 is 1.94 bits per heavy atom. The molecule has 1 aromatic carbocycles. The normalized spacial score (nSPS) is 17.3. The first-order valence-electron chi connectivity index (χ1n) is 5.76. The lowest BCUT2D eigenvalue weighted by molar-refractivity contribution is -0.139. The molecule has 0 heterocycles. The maximum Gasteiger partial charge on any atom is 0.326 e. The lowest BCUT2D eigenvalue weighted by Gasteiger charge is -2.14. The van der Waals surface area contributed by atoms with Crippen LogP contribution in [0.1, 0.15) is 24.4 Å². The Morgan fingerprint density at radius 1 is 1.33 bits per heavy atom. The number of hydrogen-bond donors (Lipinski definition) is 2. The van der Waals surface area contributed by atoms with E-state index in [0.717, 1.165) is 12.8 Å². The Bertz CT molecular complexity index is 522. The van der Waals surface area contributed by atoms with Gasteiger partial charge < -0.3 is 5.11 Å². The van der Waals surface area contributed by atoms with Crippen LogP contribution in [0.15, 0.2) is 30.3 Å². The van der Waals surface area contributed by atoms with Gasteiger partial charge in [-0.2, -0.15) is 4.72 Å². The Morgan fingerprint density at radius 3 is 2.44 bits per heavy atom. The summed E-state index contributed by atoms with van der Waals surface area (Å²) in [7, 11) is -3.54. The van der Waals surface area contributed by atoms with E-state index in [-0.39, 0.29) is 11.7 Å². The minimum absolute atomic E-state index is 0.0175. The van der Waals surface area contributed by atoms with Crippen molar-refractivity contribution in [3.8, 4) is 0 Å². The molecule has 1 atom stereocenters. The maximum atomic E-state index is 11.8. The van der Waals surface area contributed by atoms with E-state index in [1.165, 1.54) is 0 Å². The molecule has 1 fully saturated rings. The molecule has 0 bridgehead atoms. The molecule has 0 aromatic heterocycles. The number of carboxylic acid groups (broad SMARTS) is 1. The van der Waals surface area contributed by atoms with E-state index in [1.807, 2.05) is 0 Å². The molecule has 6 heteroatoms. The van der Waals surface area contributed by atoms with E-state index in [1.54, 1.807) is 30.3 Å². The molecule has 1 aromatic rings. The zero-order valence-corrected chi connectivity index (χ0v) is 10.6. The van der Waals surface area contributed by atoms with Crippen molar-refractivity contribution in [1.82, 2.24) is 4.72 Å². The molecule has 2 N–H and O–H groups in total. The molecule has 98 valence electrons. The molecule has 1 aliphatic carbocycles. The van der Waals surface area contributed by atoms with Crippen molar-refractivity contribution in [2.24, 2.45) is 5.92 Å². The highest BCUT2D eigenvalue weighted by Crippen LogP contribution is 2.30. The number of aliphatic carboxylic acids is 1. The lowest BCUT2D eigenvalue weighted by atomic mass is 10.1. The molecular formula is C12H15NO4S. The summed E-state index contributed by atoms with van der Waals surface area (Å²) in [5.74, 6) is -0.989. The van der Waals surface area contributed by atoms with Gasteiger partial charge in [-0.1, -0.05) is 30.3 Å². The van der Waals surface area contributed by atoms with E-state index in [9.17, 15) is 13.2 Å². The first kappa shape index (κ1) is 13.0. The highest BCUT2D eigenvalue weighted by Gasteiger charge is 2.31. The van der Waals surface area contributed by atoms with Crippen LogP contribution >= 0.6 is 0 Å². The average molecular weight is 269 g/mol. The predicted octanol–water partition coefficient (Wildman–Crippen LogP) is 1.14. The van der Waals surface area contributed by atoms with Crippen molar-refractivity contribution in [2.45, 2.75) is 18.9 Å². The fraction of sp³-hybridized carbons (Fsp3) is 0.417. The summed E-state index contributed by atoms with van der Waals surface area (Å²) < 4.78 is 25.8. The first-order valence-corrected chi connectivity index (χ1v) is 7.41. The molecule has 2 rings (SSSR count). The van der Waals surface area contributed by atoms with Gasteiger partial charge in [-0.25, -0.2) is 8.42 Å². The third kappa shape index (κ3) is 3.54. The standard InChI is InChI=1S/C12H15NO4S/c14-12(15)11(10-4-2-1-3-5-10)13-18(16,17)8-9-6-7-9/h1-5,9,11,13H,6-8H2,(H,14,15)/t11-/m0/s1. The molecule has 0 radical (unpaired) electrons. The van der Waals surface area contributed by atoms with Gasteiger partial charge in [0.1, 0.15) is 6.04 Å². The second-order valence-electron chi connectivity index (χ2n) is 4.52. The predicted molar refractivity (Wildman–Crippen MR) is 66.5 cm³/mol. The van der Waals surface area contributed by atoms with Crippen LogP contribution in [-0.2, 0) is 14.8 Å². The van der Waals surface area contributed by atoms with Crippen molar-refractivity contribution in [2.75, 3.05) is 5.75 Å². The van der Waals surface area contributed by atoms with Gasteiger partial charge in [-0.15, -0.1) is 0 Å². The monoisotopic (exact) mass is 269 g/mol. The topological polar surface area (TPSA) is 83.5 Å². The Kier molecular flexibility index (Phi) is 3.68. The number of benzene rings is 1. The van der Waals surface area contributed by atoms with Gasteiger partial charge in [0.2, 0.25) is 10.0 Å². The highest BCUT2D eigenvalue weighted by molar-refractivity contribution is 7.89. The minimum atomic E-state index is -3.54. The van der Waals surface area contributed by atoms with Gasteiger partial charge in [-0.3, -0.25) is 4.79 Å². The Labute approximate surface area is 106 Å². The number of hydrogen-bond acceptors (Lipinski definition) is 3. The number of carboxylic acids is 1. The third-order valence-corrected chi connectivity index (χ3v) is 4.33. The minimum Gasteiger partial charge on any atom is -0.480 e. The number of sulfonamides is 1. The van der Waals surface area contributed by atoms with Crippen LogP contribution < -0.4 is 4.72 Å². The quantitative estimate of drug-likeness (QED) is 0.811. The summed E-state index contributed by atoms with van der Waals surface area (Å²) in [6, 6.07) is 7.09. The molecule has 1 aliphatic rings. The molecule has 0 amide bonds. The summed E-state index contributed by atoms with van der Waals surface area (Å²) in [5, 5.41) is 9.11. The number of carbonyl (C=O) groups is 1. The van der Waals surface area contributed by atoms with Crippen LogP contribution in [0.25, 0.3) is 0 Å². The van der Waals surface area contributed by atoms with Crippen LogP contribution in [-0.4, -0.2) is 25.2 Å². The van der Waals surface area contributed by atoms with E-state index in [2.05, 4.69) is 4.72 Å². The molecule has 0 saturated heterocycles. The number of nitrogens with one attached hydrogen (secondary N) is 1. The molecule has 0 unspecified atom stereocenters. The molecule has 0 aliphatic heterocycles. The first-order chi connectivity index (χ1) is 8.48. The van der Waals surface area contributed by atoms with Crippen molar-refractivity contribution in [3.63, 3.8) is 0 Å². The molecule has 18 heavy (non-hydrogen) atoms. The van der Waals surface area contributed by atoms with Crippen molar-refractivity contribution in [3.05, 3.63) is 35.9 Å². The van der Waals surface area contributed by atoms with Gasteiger partial charge >= 0.3 is 5.97 Å². The second-order valence-corrected chi connectivity index (χ2v) is 6.32. The molecule has 1 saturated carbocycles. The van der Waals surface area contributed by atoms with E-state index in [4.69, 9.17) is 5.11 Å². The number of rotatable bonds is 6. The zero-order chi connectivity index (χ0) is 13.2. The van der Waals surface area contributed by atoms with Gasteiger partial charge in [0.25, 0.3) is 0 Å². The molecule has 5 nitrogen and oxygen atoms in total. The summed E-state index contributed by atoms with van der Waals surface area (Å²) >= 11 is 0. The summed E-state index contributed by atoms with van der Waals surface area (Å²) in [6.07, 6.45) is 1.81. The molecule has 0 spiro atoms. The fourth-order valence-corrected chi connectivity index (χ4v) is 3.38. The van der Waals surface area contributed by atoms with Gasteiger partial charge in [-0.05, 0) is 24.3 Å². The average Bonchev–Trinajstić information content (AvgIpc) is 3.10. The van der Waals surface area contributed by atoms with Crippen LogP contribution in [0, 0.1) is 5.92 Å². The third-order valence-electron chi connectivity index (χ3n) is 2.83. The van der Waals surface area contributed by atoms with Crippen molar-refractivity contribution >= 4 is 16.0 Å². The van der Waals surface area contributed by atoms with E-state index >= 15 is 0 Å². The summed E-state index contributed by atoms with van der Waals surface area (Å²) in [4.78, 5) is 11.2. The van der Waals surface area contributed by atoms with Gasteiger partial charge in [0.05, 0.1) is 5.75 Å². The smallest absolute Gasteiger partial charge is 0.326 e. The Hall–Kier alpha value is -1.40. The van der Waals surface area contributed by atoms with Gasteiger partial charge in [0.15, 0.2) is 0 Å². The van der Waals surface area contributed by atoms with Crippen LogP contribution in [0.2, 0.25) is 0 Å². The van der Waals surface area contributed by atoms with Crippen LogP contribution in [0.3, 0.4) is 0 Å². The molecular weight excluding hydrogens is 254 g/mol. The van der Waals surface area contributed by atoms with E-state index in [0.29, 0.717) is 5.56 Å². The van der Waals surface area contributed by atoms with Crippen LogP contribution in [0.4, 0.5) is 0 Å². The largest absolute Gasteiger partial charge is 0.480 e. The maximum absolute atomic E-state index is 11.8. The van der Waals surface area contributed by atoms with Gasteiger partial charge in [0, 0.05) is 0 Å². The summed E-state index contributed by atoms with van der Waals surface area (Å²) in [6.45, 7) is 0. The van der Waals surface area contributed by atoms with Crippen molar-refractivity contribution in [1.29, 1.82) is 0 Å². The highest BCUT2D eigenvalue weighted by atomic mass is 32.2. The second kappa shape index (κ2) is 5.07. The van der Waals surface area contributed by atoms with E-state index < -0.39 is 22.0 Å². The Balaban J connectivity index is 2.14. The van der Waals surface area contributed by atoms with Crippen molar-refractivity contribution < 1.29 is 18.3 Å². The fourth-order valence-electron chi connectivity index (χ4n) is 1.73. The zero-order valence-electron chi connectivity index (χ0n) is 9.74. The SMILES string of the molecule is O=C(O)[C@@H](NS(=O)(=O)CC1CC1)c1ccccc1. The van der Waals surface area contributed by atoms with Crippen LogP contribution in [0.5, 0.6) is 0 Å². The summed E-state index contributed by atoms with van der Waals surface area (Å²) in [5.41, 5.74) is 0.435.